The second kappa shape index (κ2) is 10.5. The molecule has 1 saturated heterocycles. The second-order valence-corrected chi connectivity index (χ2v) is 13.5. The predicted molar refractivity (Wildman–Crippen MR) is 153 cm³/mol. The fourth-order valence-corrected chi connectivity index (χ4v) is 7.38. The Morgan fingerprint density at radius 1 is 1.16 bits per heavy atom. The van der Waals surface area contributed by atoms with Gasteiger partial charge < -0.3 is 4.90 Å². The minimum Gasteiger partial charge on any atom is -0.341 e. The Labute approximate surface area is 232 Å². The molecule has 1 aromatic carbocycles. The lowest BCUT2D eigenvalue weighted by Gasteiger charge is -2.32. The molecule has 196 valence electrons. The van der Waals surface area contributed by atoms with E-state index in [4.69, 9.17) is 16.7 Å². The predicted octanol–water partition coefficient (Wildman–Crippen LogP) is 6.31. The summed E-state index contributed by atoms with van der Waals surface area (Å²) in [5.41, 5.74) is 2.42. The molecule has 2 aliphatic rings. The summed E-state index contributed by atoms with van der Waals surface area (Å²) in [4.78, 5) is 32.0. The van der Waals surface area contributed by atoms with Crippen molar-refractivity contribution in [1.82, 2.24) is 14.7 Å². The minimum absolute atomic E-state index is 0.00771. The second-order valence-electron chi connectivity index (χ2n) is 11.0. The fraction of sp³-hybridized carbons (Fsp3) is 0.464. The largest absolute Gasteiger partial charge is 0.341 e. The summed E-state index contributed by atoms with van der Waals surface area (Å²) in [6.45, 7) is 10.1. The highest BCUT2D eigenvalue weighted by molar-refractivity contribution is 8.00. The van der Waals surface area contributed by atoms with Gasteiger partial charge >= 0.3 is 0 Å². The van der Waals surface area contributed by atoms with Crippen LogP contribution in [0, 0.1) is 5.92 Å². The third-order valence-corrected chi connectivity index (χ3v) is 9.64. The lowest BCUT2D eigenvalue weighted by Crippen LogP contribution is -2.46. The van der Waals surface area contributed by atoms with Crippen molar-refractivity contribution in [2.75, 3.05) is 30.3 Å². The van der Waals surface area contributed by atoms with E-state index in [1.54, 1.807) is 28.0 Å². The van der Waals surface area contributed by atoms with Gasteiger partial charge in [-0.3, -0.25) is 14.5 Å². The maximum atomic E-state index is 13.7. The lowest BCUT2D eigenvalue weighted by atomic mass is 9.88. The van der Waals surface area contributed by atoms with Crippen LogP contribution in [0.5, 0.6) is 0 Å². The molecule has 9 heteroatoms. The van der Waals surface area contributed by atoms with Crippen LogP contribution in [0.2, 0.25) is 5.02 Å². The number of carbonyl (C=O) groups is 2. The van der Waals surface area contributed by atoms with Crippen LogP contribution >= 0.6 is 34.7 Å². The van der Waals surface area contributed by atoms with Gasteiger partial charge in [0.1, 0.15) is 12.4 Å². The molecule has 2 aliphatic heterocycles. The maximum Gasteiger partial charge on any atom is 0.242 e. The zero-order valence-electron chi connectivity index (χ0n) is 21.7. The number of hydrogen-bond donors (Lipinski definition) is 0. The number of carbonyl (C=O) groups excluding carboxylic acids is 2. The molecule has 0 unspecified atom stereocenters. The number of nitrogens with zero attached hydrogens (tertiary/aromatic N) is 4. The number of hydrogen-bond acceptors (Lipinski definition) is 5. The highest BCUT2D eigenvalue weighted by atomic mass is 35.5. The van der Waals surface area contributed by atoms with Gasteiger partial charge in [-0.2, -0.15) is 5.10 Å². The lowest BCUT2D eigenvalue weighted by molar-refractivity contribution is -0.132. The van der Waals surface area contributed by atoms with E-state index in [9.17, 15) is 9.59 Å². The van der Waals surface area contributed by atoms with E-state index in [0.717, 1.165) is 42.9 Å². The average Bonchev–Trinajstić information content (AvgIpc) is 3.49. The number of piperidine rings is 1. The summed E-state index contributed by atoms with van der Waals surface area (Å²) < 4.78 is 1.83. The zero-order valence-corrected chi connectivity index (χ0v) is 24.1. The Bertz CT molecular complexity index is 1290. The van der Waals surface area contributed by atoms with Gasteiger partial charge in [0, 0.05) is 34.0 Å². The molecule has 0 bridgehead atoms. The van der Waals surface area contributed by atoms with E-state index >= 15 is 0 Å². The van der Waals surface area contributed by atoms with E-state index in [-0.39, 0.29) is 29.0 Å². The van der Waals surface area contributed by atoms with E-state index in [0.29, 0.717) is 22.5 Å². The Hall–Kier alpha value is -2.29. The molecule has 2 amide bonds. The van der Waals surface area contributed by atoms with Crippen LogP contribution in [0.25, 0.3) is 5.69 Å². The highest BCUT2D eigenvalue weighted by Gasteiger charge is 2.40. The molecule has 0 aliphatic carbocycles. The number of amides is 2. The molecule has 0 spiro atoms. The van der Waals surface area contributed by atoms with Gasteiger partial charge in [0.25, 0.3) is 0 Å². The number of fused-ring (bicyclic) bond motifs is 1. The molecular weight excluding hydrogens is 524 g/mol. The summed E-state index contributed by atoms with van der Waals surface area (Å²) in [6, 6.07) is 11.7. The normalized spacial score (nSPS) is 19.2. The van der Waals surface area contributed by atoms with Crippen LogP contribution in [0.4, 0.5) is 5.82 Å². The summed E-state index contributed by atoms with van der Waals surface area (Å²) >= 11 is 9.70. The van der Waals surface area contributed by atoms with E-state index in [1.807, 2.05) is 39.9 Å². The molecule has 5 rings (SSSR count). The first-order valence-corrected chi connectivity index (χ1v) is 15.1. The average molecular weight is 557 g/mol. The summed E-state index contributed by atoms with van der Waals surface area (Å²) in [5, 5.41) is 7.72. The molecule has 1 atom stereocenters. The molecule has 37 heavy (non-hydrogen) atoms. The third-order valence-electron chi connectivity index (χ3n) is 7.08. The van der Waals surface area contributed by atoms with Gasteiger partial charge in [-0.1, -0.05) is 51.4 Å². The van der Waals surface area contributed by atoms with Crippen molar-refractivity contribution in [2.45, 2.75) is 51.2 Å². The number of benzene rings is 1. The third kappa shape index (κ3) is 5.33. The number of likely N-dealkylation sites (tertiary alicyclic amines) is 1. The molecule has 0 saturated carbocycles. The van der Waals surface area contributed by atoms with Gasteiger partial charge in [-0.15, -0.1) is 23.1 Å². The summed E-state index contributed by atoms with van der Waals surface area (Å²) in [6.07, 6.45) is 1.99. The number of aromatic nitrogens is 2. The monoisotopic (exact) mass is 556 g/mol. The number of thiophene rings is 1. The van der Waals surface area contributed by atoms with Crippen molar-refractivity contribution in [3.8, 4) is 5.69 Å². The van der Waals surface area contributed by atoms with E-state index in [1.165, 1.54) is 4.88 Å². The van der Waals surface area contributed by atoms with Gasteiger partial charge in [-0.25, -0.2) is 4.68 Å². The number of anilines is 1. The van der Waals surface area contributed by atoms with Gasteiger partial charge in [0.2, 0.25) is 11.8 Å². The Kier molecular flexibility index (Phi) is 7.44. The van der Waals surface area contributed by atoms with E-state index < -0.39 is 0 Å². The SMILES string of the molecule is CC1CCN(C(=O)CN2C(=O)CS[C@@H](c3cccs3)c3c(C(C)(C)C)nn(-c4cccc(Cl)c4)c32)CC1. The highest BCUT2D eigenvalue weighted by Crippen LogP contribution is 2.49. The van der Waals surface area contributed by atoms with Crippen molar-refractivity contribution in [2.24, 2.45) is 5.92 Å². The van der Waals surface area contributed by atoms with E-state index in [2.05, 4.69) is 39.1 Å². The van der Waals surface area contributed by atoms with Crippen molar-refractivity contribution < 1.29 is 9.59 Å². The molecule has 0 N–H and O–H groups in total. The van der Waals surface area contributed by atoms with Crippen molar-refractivity contribution in [3.05, 3.63) is 62.9 Å². The fourth-order valence-electron chi connectivity index (χ4n) is 5.02. The quantitative estimate of drug-likeness (QED) is 0.378. The first-order valence-electron chi connectivity index (χ1n) is 12.8. The van der Waals surface area contributed by atoms with Crippen molar-refractivity contribution in [1.29, 1.82) is 0 Å². The summed E-state index contributed by atoms with van der Waals surface area (Å²) in [5.74, 6) is 1.51. The maximum absolute atomic E-state index is 13.7. The Morgan fingerprint density at radius 3 is 2.57 bits per heavy atom. The van der Waals surface area contributed by atoms with Gasteiger partial charge in [0.15, 0.2) is 0 Å². The van der Waals surface area contributed by atoms with Crippen LogP contribution in [-0.4, -0.2) is 51.9 Å². The molecule has 2 aromatic heterocycles. The standard InChI is InChI=1S/C28H33ClN4O2S2/c1-18-10-12-31(13-11-18)22(34)16-32-23(35)17-37-25(21-9-6-14-36-21)24-26(28(2,3)4)30-33(27(24)32)20-8-5-7-19(29)15-20/h5-9,14-15,18,25H,10-13,16-17H2,1-4H3/t25-/m0/s1. The Balaban J connectivity index is 1.69. The molecule has 0 radical (unpaired) electrons. The van der Waals surface area contributed by atoms with Crippen LogP contribution in [0.3, 0.4) is 0 Å². The minimum atomic E-state index is -0.282. The number of halogens is 1. The molecule has 1 fully saturated rings. The smallest absolute Gasteiger partial charge is 0.242 e. The molecule has 4 heterocycles. The Morgan fingerprint density at radius 2 is 1.92 bits per heavy atom. The first-order chi connectivity index (χ1) is 17.6. The molecular formula is C28H33ClN4O2S2. The number of rotatable bonds is 4. The van der Waals surface area contributed by atoms with Crippen LogP contribution < -0.4 is 4.90 Å². The van der Waals surface area contributed by atoms with Crippen molar-refractivity contribution in [3.63, 3.8) is 0 Å². The number of thioether (sulfide) groups is 1. The summed E-state index contributed by atoms with van der Waals surface area (Å²) in [7, 11) is 0. The van der Waals surface area contributed by atoms with Crippen LogP contribution in [-0.2, 0) is 15.0 Å². The molecule has 3 aromatic rings. The van der Waals surface area contributed by atoms with Crippen molar-refractivity contribution >= 4 is 52.3 Å². The topological polar surface area (TPSA) is 58.4 Å². The van der Waals surface area contributed by atoms with Gasteiger partial charge in [-0.05, 0) is 48.4 Å². The van der Waals surface area contributed by atoms with Crippen LogP contribution in [0.1, 0.15) is 61.9 Å². The van der Waals surface area contributed by atoms with Gasteiger partial charge in [0.05, 0.1) is 22.4 Å². The first kappa shape index (κ1) is 26.3. The zero-order chi connectivity index (χ0) is 26.3. The molecule has 6 nitrogen and oxygen atoms in total. The van der Waals surface area contributed by atoms with Crippen LogP contribution in [0.15, 0.2) is 41.8 Å².